The van der Waals surface area contributed by atoms with Crippen molar-refractivity contribution in [1.82, 2.24) is 29.8 Å². The van der Waals surface area contributed by atoms with Crippen molar-refractivity contribution in [3.05, 3.63) is 47.5 Å². The van der Waals surface area contributed by atoms with E-state index in [2.05, 4.69) is 68.2 Å². The van der Waals surface area contributed by atoms with Crippen molar-refractivity contribution in [3.8, 4) is 11.3 Å². The maximum atomic E-state index is 4.55. The summed E-state index contributed by atoms with van der Waals surface area (Å²) in [6, 6.07) is 6.87. The van der Waals surface area contributed by atoms with Crippen LogP contribution in [-0.4, -0.2) is 50.7 Å². The Kier molecular flexibility index (Phi) is 4.23. The van der Waals surface area contributed by atoms with Crippen molar-refractivity contribution in [2.45, 2.75) is 32.9 Å². The number of nitrogens with one attached hydrogen (secondary N) is 1. The van der Waals surface area contributed by atoms with Crippen LogP contribution in [0.25, 0.3) is 16.9 Å². The lowest BCUT2D eigenvalue weighted by atomic mass is 10.1. The van der Waals surface area contributed by atoms with E-state index in [9.17, 15) is 0 Å². The number of hydrogen-bond donors (Lipinski definition) is 1. The maximum absolute atomic E-state index is 4.55. The van der Waals surface area contributed by atoms with Gasteiger partial charge in [-0.15, -0.1) is 0 Å². The highest BCUT2D eigenvalue weighted by molar-refractivity contribution is 5.63. The van der Waals surface area contributed by atoms with E-state index >= 15 is 0 Å². The number of imidazole rings is 1. The summed E-state index contributed by atoms with van der Waals surface area (Å²) in [6.07, 6.45) is 5.31. The number of pyridine rings is 1. The maximum Gasteiger partial charge on any atom is 0.139 e. The number of rotatable bonds is 4. The van der Waals surface area contributed by atoms with E-state index in [4.69, 9.17) is 0 Å². The summed E-state index contributed by atoms with van der Waals surface area (Å²) in [5.41, 5.74) is 6.13. The summed E-state index contributed by atoms with van der Waals surface area (Å²) in [4.78, 5) is 6.90. The molecule has 130 valence electrons. The molecule has 25 heavy (non-hydrogen) atoms. The van der Waals surface area contributed by atoms with E-state index < -0.39 is 0 Å². The van der Waals surface area contributed by atoms with Crippen LogP contribution >= 0.6 is 0 Å². The molecule has 1 unspecified atom stereocenters. The normalized spacial score (nSPS) is 17.7. The Morgan fingerprint density at radius 2 is 2.12 bits per heavy atom. The first kappa shape index (κ1) is 16.2. The Morgan fingerprint density at radius 3 is 2.84 bits per heavy atom. The summed E-state index contributed by atoms with van der Waals surface area (Å²) >= 11 is 0. The Labute approximate surface area is 147 Å². The molecule has 4 heterocycles. The van der Waals surface area contributed by atoms with Crippen LogP contribution in [0.2, 0.25) is 0 Å². The fourth-order valence-corrected chi connectivity index (χ4v) is 3.53. The van der Waals surface area contributed by atoms with Crippen molar-refractivity contribution in [2.24, 2.45) is 0 Å². The minimum Gasteiger partial charge on any atom is -0.315 e. The molecule has 0 amide bonds. The SMILES string of the molecule is Cc1cn2cc(-c3ccc(CN(C)C4CCNC4)nn3)cc(C)c2n1. The molecule has 6 nitrogen and oxygen atoms in total. The van der Waals surface area contributed by atoms with Gasteiger partial charge >= 0.3 is 0 Å². The molecule has 3 aromatic rings. The first-order chi connectivity index (χ1) is 12.1. The van der Waals surface area contributed by atoms with Crippen LogP contribution in [0.15, 0.2) is 30.6 Å². The van der Waals surface area contributed by atoms with E-state index in [0.29, 0.717) is 6.04 Å². The topological polar surface area (TPSA) is 58.4 Å². The third-order valence-corrected chi connectivity index (χ3v) is 4.94. The Balaban J connectivity index is 1.55. The molecule has 1 atom stereocenters. The van der Waals surface area contributed by atoms with Crippen LogP contribution < -0.4 is 5.32 Å². The second-order valence-electron chi connectivity index (χ2n) is 7.00. The first-order valence-corrected chi connectivity index (χ1v) is 8.80. The molecular weight excluding hydrogens is 312 g/mol. The standard InChI is InChI=1S/C19H24N6/c1-13-8-15(11-25-10-14(2)21-19(13)25)18-5-4-16(22-23-18)12-24(3)17-6-7-20-9-17/h4-5,8,10-11,17,20H,6-7,9,12H2,1-3H3. The zero-order valence-electron chi connectivity index (χ0n) is 15.0. The summed E-state index contributed by atoms with van der Waals surface area (Å²) < 4.78 is 2.07. The molecule has 0 bridgehead atoms. The van der Waals surface area contributed by atoms with Gasteiger partial charge in [-0.1, -0.05) is 0 Å². The second kappa shape index (κ2) is 6.54. The van der Waals surface area contributed by atoms with Gasteiger partial charge in [0.2, 0.25) is 0 Å². The Hall–Kier alpha value is -2.31. The van der Waals surface area contributed by atoms with E-state index in [1.165, 1.54) is 6.42 Å². The van der Waals surface area contributed by atoms with Crippen molar-refractivity contribution in [3.63, 3.8) is 0 Å². The summed E-state index contributed by atoms with van der Waals surface area (Å²) in [6.45, 7) is 7.09. The van der Waals surface area contributed by atoms with Crippen LogP contribution in [0, 0.1) is 13.8 Å². The predicted octanol–water partition coefficient (Wildman–Crippen LogP) is 2.20. The third-order valence-electron chi connectivity index (χ3n) is 4.94. The minimum atomic E-state index is 0.594. The Bertz CT molecular complexity index is 877. The number of hydrogen-bond acceptors (Lipinski definition) is 5. The highest BCUT2D eigenvalue weighted by Gasteiger charge is 2.19. The fourth-order valence-electron chi connectivity index (χ4n) is 3.53. The van der Waals surface area contributed by atoms with Gasteiger partial charge in [-0.25, -0.2) is 4.98 Å². The molecule has 1 aliphatic heterocycles. The van der Waals surface area contributed by atoms with Crippen LogP contribution in [0.4, 0.5) is 0 Å². The molecule has 0 spiro atoms. The van der Waals surface area contributed by atoms with E-state index in [-0.39, 0.29) is 0 Å². The number of nitrogens with zero attached hydrogens (tertiary/aromatic N) is 5. The number of likely N-dealkylation sites (N-methyl/N-ethyl adjacent to an activating group) is 1. The molecule has 0 saturated carbocycles. The van der Waals surface area contributed by atoms with Crippen molar-refractivity contribution >= 4 is 5.65 Å². The highest BCUT2D eigenvalue weighted by atomic mass is 15.2. The molecule has 1 N–H and O–H groups in total. The van der Waals surface area contributed by atoms with Gasteiger partial charge in [-0.2, -0.15) is 10.2 Å². The largest absolute Gasteiger partial charge is 0.315 e. The number of aryl methyl sites for hydroxylation is 2. The van der Waals surface area contributed by atoms with Gasteiger partial charge in [-0.3, -0.25) is 4.90 Å². The Morgan fingerprint density at radius 1 is 1.24 bits per heavy atom. The lowest BCUT2D eigenvalue weighted by Gasteiger charge is -2.22. The van der Waals surface area contributed by atoms with Crippen molar-refractivity contribution in [2.75, 3.05) is 20.1 Å². The van der Waals surface area contributed by atoms with Gasteiger partial charge in [-0.05, 0) is 57.6 Å². The lowest BCUT2D eigenvalue weighted by molar-refractivity contribution is 0.245. The van der Waals surface area contributed by atoms with Crippen LogP contribution in [0.3, 0.4) is 0 Å². The molecular formula is C19H24N6. The molecule has 0 aromatic carbocycles. The summed E-state index contributed by atoms with van der Waals surface area (Å²) in [7, 11) is 2.16. The second-order valence-corrected chi connectivity index (χ2v) is 7.00. The predicted molar refractivity (Wildman–Crippen MR) is 98.4 cm³/mol. The van der Waals surface area contributed by atoms with Crippen molar-refractivity contribution < 1.29 is 0 Å². The van der Waals surface area contributed by atoms with Gasteiger partial charge in [0.05, 0.1) is 17.1 Å². The molecule has 3 aromatic heterocycles. The van der Waals surface area contributed by atoms with Gasteiger partial charge in [0, 0.05) is 37.1 Å². The van der Waals surface area contributed by atoms with E-state index in [1.54, 1.807) is 0 Å². The zero-order chi connectivity index (χ0) is 17.4. The van der Waals surface area contributed by atoms with E-state index in [1.807, 2.05) is 13.1 Å². The van der Waals surface area contributed by atoms with Crippen LogP contribution in [-0.2, 0) is 6.54 Å². The highest BCUT2D eigenvalue weighted by Crippen LogP contribution is 2.21. The number of fused-ring (bicyclic) bond motifs is 1. The molecule has 6 heteroatoms. The monoisotopic (exact) mass is 336 g/mol. The third kappa shape index (κ3) is 3.27. The fraction of sp³-hybridized carbons (Fsp3) is 0.421. The van der Waals surface area contributed by atoms with Gasteiger partial charge in [0.15, 0.2) is 0 Å². The van der Waals surface area contributed by atoms with Gasteiger partial charge < -0.3 is 9.72 Å². The molecule has 0 radical (unpaired) electrons. The molecule has 1 saturated heterocycles. The average molecular weight is 336 g/mol. The van der Waals surface area contributed by atoms with Crippen LogP contribution in [0.1, 0.15) is 23.4 Å². The van der Waals surface area contributed by atoms with E-state index in [0.717, 1.165) is 53.5 Å². The van der Waals surface area contributed by atoms with Gasteiger partial charge in [0.1, 0.15) is 5.65 Å². The van der Waals surface area contributed by atoms with Gasteiger partial charge in [0.25, 0.3) is 0 Å². The lowest BCUT2D eigenvalue weighted by Crippen LogP contribution is -2.33. The molecule has 4 rings (SSSR count). The summed E-state index contributed by atoms with van der Waals surface area (Å²) in [5, 5.41) is 12.3. The number of aromatic nitrogens is 4. The molecule has 0 aliphatic carbocycles. The minimum absolute atomic E-state index is 0.594. The quantitative estimate of drug-likeness (QED) is 0.791. The first-order valence-electron chi connectivity index (χ1n) is 8.80. The molecule has 1 aliphatic rings. The van der Waals surface area contributed by atoms with Crippen LogP contribution in [0.5, 0.6) is 0 Å². The summed E-state index contributed by atoms with van der Waals surface area (Å²) in [5.74, 6) is 0. The van der Waals surface area contributed by atoms with Crippen molar-refractivity contribution in [1.29, 1.82) is 0 Å². The smallest absolute Gasteiger partial charge is 0.139 e. The molecule has 1 fully saturated rings. The average Bonchev–Trinajstić information content (AvgIpc) is 3.24. The zero-order valence-corrected chi connectivity index (χ0v) is 15.0.